The molecule has 0 aliphatic rings. The Morgan fingerprint density at radius 3 is 1.69 bits per heavy atom. The Labute approximate surface area is 263 Å². The molecule has 0 radical (unpaired) electrons. The zero-order chi connectivity index (χ0) is 33.5. The van der Waals surface area contributed by atoms with E-state index in [0.29, 0.717) is 0 Å². The topological polar surface area (TPSA) is 219 Å². The molecule has 0 aliphatic heterocycles. The molecule has 0 saturated carbocycles. The summed E-state index contributed by atoms with van der Waals surface area (Å²) in [4.78, 5) is 31.8. The summed E-state index contributed by atoms with van der Waals surface area (Å²) in [7, 11) is -15.0. The summed E-state index contributed by atoms with van der Waals surface area (Å²) in [6.45, 7) is 11.4. The third kappa shape index (κ3) is 11.3. The van der Waals surface area contributed by atoms with E-state index in [1.165, 1.54) is 6.07 Å². The molecular weight excluding hydrogens is 678 g/mol. The Morgan fingerprint density at radius 1 is 0.689 bits per heavy atom. The molecule has 0 aromatic carbocycles. The molecule has 0 aliphatic carbocycles. The second-order valence-electron chi connectivity index (χ2n) is 8.17. The van der Waals surface area contributed by atoms with E-state index < -0.39 is 36.7 Å². The van der Waals surface area contributed by atoms with E-state index in [9.17, 15) is 18.6 Å². The van der Waals surface area contributed by atoms with Crippen molar-refractivity contribution in [2.24, 2.45) is 0 Å². The van der Waals surface area contributed by atoms with Crippen molar-refractivity contribution in [2.45, 2.75) is 48.5 Å². The molecule has 45 heavy (non-hydrogen) atoms. The summed E-state index contributed by atoms with van der Waals surface area (Å²) in [6.07, 6.45) is 0. The first-order chi connectivity index (χ1) is 21.5. The second-order valence-corrected chi connectivity index (χ2v) is 15.6. The van der Waals surface area contributed by atoms with Crippen molar-refractivity contribution >= 4 is 53.2 Å². The van der Waals surface area contributed by atoms with Gasteiger partial charge in [-0.25, -0.2) is 0 Å². The van der Waals surface area contributed by atoms with Gasteiger partial charge in [0.25, 0.3) is 0 Å². The van der Waals surface area contributed by atoms with Gasteiger partial charge in [-0.1, -0.05) is 0 Å². The van der Waals surface area contributed by atoms with Crippen LogP contribution in [0.25, 0.3) is 0 Å². The summed E-state index contributed by atoms with van der Waals surface area (Å²) < 4.78 is 88.4. The molecule has 2 rings (SSSR count). The van der Waals surface area contributed by atoms with Crippen molar-refractivity contribution in [1.82, 2.24) is 24.9 Å². The van der Waals surface area contributed by atoms with Gasteiger partial charge in [0.15, 0.2) is 0 Å². The molecular formula is C23H43N5O13P4. The van der Waals surface area contributed by atoms with Crippen molar-refractivity contribution in [3.8, 4) is 12.0 Å². The van der Waals surface area contributed by atoms with Crippen molar-refractivity contribution < 1.29 is 59.7 Å². The monoisotopic (exact) mass is 721 g/mol. The van der Waals surface area contributed by atoms with Crippen LogP contribution in [0, 0.1) is 0 Å². The number of hydrogen-bond donors (Lipinski definition) is 1. The van der Waals surface area contributed by atoms with Gasteiger partial charge in [-0.15, -0.1) is 0 Å². The van der Waals surface area contributed by atoms with Gasteiger partial charge in [0, 0.05) is 0 Å². The molecule has 258 valence electrons. The number of ether oxygens (including phenoxy) is 2. The molecule has 2 heterocycles. The summed E-state index contributed by atoms with van der Waals surface area (Å²) in [6, 6.07) is 0.571. The first-order valence-electron chi connectivity index (χ1n) is 14.4. The van der Waals surface area contributed by atoms with Crippen LogP contribution in [0.15, 0.2) is 6.07 Å². The van der Waals surface area contributed by atoms with E-state index in [-0.39, 0.29) is 87.9 Å². The van der Waals surface area contributed by atoms with Crippen LogP contribution in [0.2, 0.25) is 0 Å². The normalized spacial score (nSPS) is 13.5. The first kappa shape index (κ1) is 39.7. The standard InChI is InChI=1S/C23H43N5O13P4/c1-8-35-42(29)18-17-19(43(30,36-9-2)37-10-3)25-20(24-18)33-15-16-34-21-26-22(44(31,38-11-4)39-12-5)28-23(27-21)45(32,40-13-6)41-14-7/h17,31,42,44H,8-16H2,1-7H3. The van der Waals surface area contributed by atoms with E-state index in [1.807, 2.05) is 0 Å². The van der Waals surface area contributed by atoms with Gasteiger partial charge < -0.3 is 0 Å². The van der Waals surface area contributed by atoms with Crippen LogP contribution < -0.4 is 31.5 Å². The van der Waals surface area contributed by atoms with Crippen LogP contribution in [-0.2, 0) is 45.4 Å². The van der Waals surface area contributed by atoms with Gasteiger partial charge in [0.05, 0.1) is 19.8 Å². The Bertz CT molecular complexity index is 1320. The third-order valence-corrected chi connectivity index (χ3v) is 12.3. The van der Waals surface area contributed by atoms with E-state index in [4.69, 9.17) is 41.1 Å². The molecule has 0 spiro atoms. The molecule has 1 unspecified atom stereocenters. The minimum absolute atomic E-state index is 0.0110. The van der Waals surface area contributed by atoms with Gasteiger partial charge in [-0.05, 0) is 20.8 Å². The average molecular weight is 722 g/mol. The third-order valence-electron chi connectivity index (χ3n) is 5.01. The molecule has 1 N–H and O–H groups in total. The summed E-state index contributed by atoms with van der Waals surface area (Å²) in [5, 5.41) is 0. The summed E-state index contributed by atoms with van der Waals surface area (Å²) >= 11 is 0. The molecule has 2 aromatic heterocycles. The van der Waals surface area contributed by atoms with E-state index >= 15 is 0 Å². The van der Waals surface area contributed by atoms with Gasteiger partial charge in [0.2, 0.25) is 0 Å². The summed E-state index contributed by atoms with van der Waals surface area (Å²) in [5.41, 5.74) is -0.943. The number of nitrogens with zero attached hydrogens (tertiary/aromatic N) is 5. The van der Waals surface area contributed by atoms with Gasteiger partial charge in [0.1, 0.15) is 0 Å². The Morgan fingerprint density at radius 2 is 1.20 bits per heavy atom. The molecule has 0 saturated heterocycles. The van der Waals surface area contributed by atoms with Crippen LogP contribution in [0.5, 0.6) is 12.0 Å². The van der Waals surface area contributed by atoms with E-state index in [0.717, 1.165) is 0 Å². The number of rotatable bonds is 23. The van der Waals surface area contributed by atoms with E-state index in [2.05, 4.69) is 24.9 Å². The predicted molar refractivity (Wildman–Crippen MR) is 168 cm³/mol. The zero-order valence-electron chi connectivity index (χ0n) is 26.4. The minimum atomic E-state index is -4.19. The second kappa shape index (κ2) is 19.3. The number of aromatic nitrogens is 5. The molecule has 22 heteroatoms. The molecule has 1 atom stereocenters. The molecule has 0 bridgehead atoms. The van der Waals surface area contributed by atoms with Crippen LogP contribution in [0.1, 0.15) is 48.5 Å². The fraction of sp³-hybridized carbons (Fsp3) is 0.696. The first-order valence-corrected chi connectivity index (χ1v) is 20.5. The van der Waals surface area contributed by atoms with Gasteiger partial charge in [-0.2, -0.15) is 0 Å². The van der Waals surface area contributed by atoms with Crippen molar-refractivity contribution in [2.75, 3.05) is 59.5 Å². The molecule has 2 aromatic rings. The SMILES string of the molecule is CCO[PH](=O)c1cc(P(=O)(OCC)OCC)nc(OCCOc2nc(P(=O)(OCC)OCC)nc([PH](O)(OCC)OCC)n2)n1. The fourth-order valence-electron chi connectivity index (χ4n) is 3.43. The Balaban J connectivity index is 2.41. The van der Waals surface area contributed by atoms with Crippen molar-refractivity contribution in [3.05, 3.63) is 6.07 Å². The quantitative estimate of drug-likeness (QED) is 0.128. The number of hydrogen-bond acceptors (Lipinski definition) is 18. The van der Waals surface area contributed by atoms with Crippen molar-refractivity contribution in [3.63, 3.8) is 0 Å². The average Bonchev–Trinajstić information content (AvgIpc) is 3.00. The van der Waals surface area contributed by atoms with E-state index in [1.54, 1.807) is 48.5 Å². The van der Waals surface area contributed by atoms with Crippen LogP contribution in [0.3, 0.4) is 0 Å². The van der Waals surface area contributed by atoms with Gasteiger partial charge >= 0.3 is 223 Å². The molecule has 18 nitrogen and oxygen atoms in total. The van der Waals surface area contributed by atoms with Crippen molar-refractivity contribution in [1.29, 1.82) is 0 Å². The van der Waals surface area contributed by atoms with Crippen LogP contribution in [-0.4, -0.2) is 89.3 Å². The molecule has 0 amide bonds. The molecule has 0 fully saturated rings. The maximum atomic E-state index is 13.5. The maximum absolute atomic E-state index is 13.5. The van der Waals surface area contributed by atoms with Crippen LogP contribution >= 0.6 is 31.2 Å². The Hall–Kier alpha value is -1.51. The zero-order valence-corrected chi connectivity index (χ0v) is 30.2. The fourth-order valence-corrected chi connectivity index (χ4v) is 9.02. The Kier molecular flexibility index (Phi) is 17.1. The predicted octanol–water partition coefficient (Wildman–Crippen LogP) is 2.22. The van der Waals surface area contributed by atoms with Gasteiger partial charge in [-0.3, -0.25) is 0 Å². The van der Waals surface area contributed by atoms with Crippen LogP contribution in [0.4, 0.5) is 0 Å². The summed E-state index contributed by atoms with van der Waals surface area (Å²) in [5.74, 6) is 0.